The van der Waals surface area contributed by atoms with Crippen molar-refractivity contribution < 1.29 is 9.90 Å². The van der Waals surface area contributed by atoms with E-state index < -0.39 is 6.10 Å². The molecule has 1 aliphatic heterocycles. The topological polar surface area (TPSA) is 52.6 Å². The summed E-state index contributed by atoms with van der Waals surface area (Å²) in [6.07, 6.45) is 1.82. The van der Waals surface area contributed by atoms with Crippen LogP contribution in [0.3, 0.4) is 0 Å². The van der Waals surface area contributed by atoms with Crippen LogP contribution in [0, 0.1) is 5.92 Å². The molecule has 1 saturated heterocycles. The predicted molar refractivity (Wildman–Crippen MR) is 93.2 cm³/mol. The number of hydrogen-bond acceptors (Lipinski definition) is 3. The number of amides is 1. The molecule has 128 valence electrons. The van der Waals surface area contributed by atoms with Crippen LogP contribution in [0.25, 0.3) is 0 Å². The van der Waals surface area contributed by atoms with E-state index in [1.807, 2.05) is 37.3 Å². The molecule has 0 aromatic heterocycles. The van der Waals surface area contributed by atoms with Gasteiger partial charge in [-0.1, -0.05) is 30.3 Å². The van der Waals surface area contributed by atoms with Gasteiger partial charge < -0.3 is 15.3 Å². The molecule has 0 bridgehead atoms. The standard InChI is InChI=1S/C19H30N2O2/c1-14(2)21-11-9-17(10-12-21)19(23)20-15(3)18(22)13-16-7-5-4-6-8-16/h4-8,14-15,17-18,22H,9-13H2,1-3H3,(H,20,23). The number of rotatable bonds is 6. The van der Waals surface area contributed by atoms with Gasteiger partial charge in [0.2, 0.25) is 5.91 Å². The van der Waals surface area contributed by atoms with Gasteiger partial charge in [-0.05, 0) is 52.3 Å². The molecule has 1 aromatic carbocycles. The Hall–Kier alpha value is -1.39. The second kappa shape index (κ2) is 8.46. The average molecular weight is 318 g/mol. The summed E-state index contributed by atoms with van der Waals surface area (Å²) in [5.74, 6) is 0.171. The maximum atomic E-state index is 12.4. The summed E-state index contributed by atoms with van der Waals surface area (Å²) in [4.78, 5) is 14.8. The lowest BCUT2D eigenvalue weighted by molar-refractivity contribution is -0.128. The molecule has 2 N–H and O–H groups in total. The molecule has 1 aliphatic rings. The second-order valence-corrected chi connectivity index (χ2v) is 6.96. The van der Waals surface area contributed by atoms with Gasteiger partial charge in [0, 0.05) is 18.4 Å². The summed E-state index contributed by atoms with van der Waals surface area (Å²) in [6, 6.07) is 10.2. The van der Waals surface area contributed by atoms with Crippen LogP contribution in [-0.4, -0.2) is 47.2 Å². The first kappa shape index (κ1) is 18.0. The molecule has 1 aromatic rings. The lowest BCUT2D eigenvalue weighted by Gasteiger charge is -2.34. The van der Waals surface area contributed by atoms with Crippen LogP contribution >= 0.6 is 0 Å². The van der Waals surface area contributed by atoms with Crippen molar-refractivity contribution in [1.29, 1.82) is 0 Å². The van der Waals surface area contributed by atoms with E-state index in [0.29, 0.717) is 12.5 Å². The van der Waals surface area contributed by atoms with Gasteiger partial charge in [0.1, 0.15) is 0 Å². The Balaban J connectivity index is 1.78. The largest absolute Gasteiger partial charge is 0.391 e. The Bertz CT molecular complexity index is 481. The van der Waals surface area contributed by atoms with Crippen molar-refractivity contribution >= 4 is 5.91 Å². The molecule has 2 unspecified atom stereocenters. The van der Waals surface area contributed by atoms with Crippen LogP contribution in [0.5, 0.6) is 0 Å². The first-order valence-corrected chi connectivity index (χ1v) is 8.73. The van der Waals surface area contributed by atoms with Gasteiger partial charge in [0.15, 0.2) is 0 Å². The van der Waals surface area contributed by atoms with Crippen LogP contribution in [-0.2, 0) is 11.2 Å². The normalized spacial score (nSPS) is 19.5. The predicted octanol–water partition coefficient (Wildman–Crippen LogP) is 2.22. The SMILES string of the molecule is CC(NC(=O)C1CCN(C(C)C)CC1)C(O)Cc1ccccc1. The van der Waals surface area contributed by atoms with E-state index in [4.69, 9.17) is 0 Å². The van der Waals surface area contributed by atoms with Gasteiger partial charge in [-0.15, -0.1) is 0 Å². The van der Waals surface area contributed by atoms with Crippen LogP contribution < -0.4 is 5.32 Å². The Kier molecular flexibility index (Phi) is 6.60. The van der Waals surface area contributed by atoms with Gasteiger partial charge in [0.05, 0.1) is 12.1 Å². The molecule has 23 heavy (non-hydrogen) atoms. The lowest BCUT2D eigenvalue weighted by Crippen LogP contribution is -2.48. The van der Waals surface area contributed by atoms with Crippen molar-refractivity contribution in [2.24, 2.45) is 5.92 Å². The van der Waals surface area contributed by atoms with Crippen molar-refractivity contribution in [3.05, 3.63) is 35.9 Å². The molecule has 1 fully saturated rings. The van der Waals surface area contributed by atoms with E-state index in [9.17, 15) is 9.90 Å². The molecule has 4 nitrogen and oxygen atoms in total. The maximum Gasteiger partial charge on any atom is 0.223 e. The van der Waals surface area contributed by atoms with Gasteiger partial charge in [-0.25, -0.2) is 0 Å². The summed E-state index contributed by atoms with van der Waals surface area (Å²) in [5, 5.41) is 13.3. The van der Waals surface area contributed by atoms with Crippen molar-refractivity contribution in [2.45, 2.75) is 58.2 Å². The van der Waals surface area contributed by atoms with Crippen molar-refractivity contribution in [3.63, 3.8) is 0 Å². The minimum absolute atomic E-state index is 0.0800. The Morgan fingerprint density at radius 2 is 1.83 bits per heavy atom. The molecule has 2 rings (SSSR count). The Morgan fingerprint density at radius 1 is 1.22 bits per heavy atom. The zero-order valence-corrected chi connectivity index (χ0v) is 14.5. The maximum absolute atomic E-state index is 12.4. The van der Waals surface area contributed by atoms with Crippen molar-refractivity contribution in [2.75, 3.05) is 13.1 Å². The number of carbonyl (C=O) groups excluding carboxylic acids is 1. The highest BCUT2D eigenvalue weighted by atomic mass is 16.3. The number of carbonyl (C=O) groups is 1. The van der Waals surface area contributed by atoms with E-state index in [0.717, 1.165) is 31.5 Å². The fourth-order valence-electron chi connectivity index (χ4n) is 3.15. The molecule has 1 heterocycles. The third kappa shape index (κ3) is 5.33. The number of hydrogen-bond donors (Lipinski definition) is 2. The van der Waals surface area contributed by atoms with Crippen LogP contribution in [0.2, 0.25) is 0 Å². The third-order valence-electron chi connectivity index (χ3n) is 4.87. The quantitative estimate of drug-likeness (QED) is 0.845. The van der Waals surface area contributed by atoms with E-state index >= 15 is 0 Å². The number of likely N-dealkylation sites (tertiary alicyclic amines) is 1. The van der Waals surface area contributed by atoms with Crippen LogP contribution in [0.1, 0.15) is 39.2 Å². The van der Waals surface area contributed by atoms with Crippen molar-refractivity contribution in [1.82, 2.24) is 10.2 Å². The van der Waals surface area contributed by atoms with Crippen LogP contribution in [0.15, 0.2) is 30.3 Å². The number of piperidine rings is 1. The molecular weight excluding hydrogens is 288 g/mol. The van der Waals surface area contributed by atoms with Crippen molar-refractivity contribution in [3.8, 4) is 0 Å². The summed E-state index contributed by atoms with van der Waals surface area (Å²) < 4.78 is 0. The molecule has 0 spiro atoms. The number of aliphatic hydroxyl groups is 1. The van der Waals surface area contributed by atoms with Gasteiger partial charge >= 0.3 is 0 Å². The van der Waals surface area contributed by atoms with E-state index in [1.54, 1.807) is 0 Å². The first-order valence-electron chi connectivity index (χ1n) is 8.73. The Morgan fingerprint density at radius 3 is 2.39 bits per heavy atom. The summed E-state index contributed by atoms with van der Waals surface area (Å²) in [5.41, 5.74) is 1.09. The first-order chi connectivity index (χ1) is 11.0. The highest BCUT2D eigenvalue weighted by Gasteiger charge is 2.27. The number of benzene rings is 1. The molecule has 0 aliphatic carbocycles. The minimum atomic E-state index is -0.558. The van der Waals surface area contributed by atoms with E-state index in [1.165, 1.54) is 0 Å². The van der Waals surface area contributed by atoms with E-state index in [-0.39, 0.29) is 17.9 Å². The van der Waals surface area contributed by atoms with Crippen LogP contribution in [0.4, 0.5) is 0 Å². The van der Waals surface area contributed by atoms with Gasteiger partial charge in [-0.2, -0.15) is 0 Å². The molecule has 0 saturated carbocycles. The molecule has 0 radical (unpaired) electrons. The average Bonchev–Trinajstić information content (AvgIpc) is 2.55. The number of nitrogens with zero attached hydrogens (tertiary/aromatic N) is 1. The highest BCUT2D eigenvalue weighted by molar-refractivity contribution is 5.79. The zero-order valence-electron chi connectivity index (χ0n) is 14.5. The van der Waals surface area contributed by atoms with Gasteiger partial charge in [-0.3, -0.25) is 4.79 Å². The summed E-state index contributed by atoms with van der Waals surface area (Å²) >= 11 is 0. The fourth-order valence-corrected chi connectivity index (χ4v) is 3.15. The third-order valence-corrected chi connectivity index (χ3v) is 4.87. The zero-order chi connectivity index (χ0) is 16.8. The highest BCUT2D eigenvalue weighted by Crippen LogP contribution is 2.19. The fraction of sp³-hybridized carbons (Fsp3) is 0.632. The summed E-state index contributed by atoms with van der Waals surface area (Å²) in [6.45, 7) is 8.24. The molecule has 2 atom stereocenters. The van der Waals surface area contributed by atoms with E-state index in [2.05, 4.69) is 24.1 Å². The number of aliphatic hydroxyl groups excluding tert-OH is 1. The summed E-state index contributed by atoms with van der Waals surface area (Å²) in [7, 11) is 0. The second-order valence-electron chi connectivity index (χ2n) is 6.96. The molecule has 4 heteroatoms. The Labute approximate surface area is 139 Å². The molecular formula is C19H30N2O2. The van der Waals surface area contributed by atoms with Gasteiger partial charge in [0.25, 0.3) is 0 Å². The monoisotopic (exact) mass is 318 g/mol. The molecule has 1 amide bonds. The minimum Gasteiger partial charge on any atom is -0.391 e. The lowest BCUT2D eigenvalue weighted by atomic mass is 9.94. The smallest absolute Gasteiger partial charge is 0.223 e. The number of nitrogens with one attached hydrogen (secondary N) is 1.